The summed E-state index contributed by atoms with van der Waals surface area (Å²) in [6.07, 6.45) is 0.919. The van der Waals surface area contributed by atoms with Gasteiger partial charge >= 0.3 is 0 Å². The fraction of sp³-hybridized carbons (Fsp3) is 0.404. The minimum absolute atomic E-state index is 0. The number of benzene rings is 4. The summed E-state index contributed by atoms with van der Waals surface area (Å²) in [6, 6.07) is 31.7. The van der Waals surface area contributed by atoms with Gasteiger partial charge in [0.25, 0.3) is 0 Å². The Morgan fingerprint density at radius 1 is 0.698 bits per heavy atom. The van der Waals surface area contributed by atoms with Crippen molar-refractivity contribution in [3.63, 3.8) is 0 Å². The molecule has 2 aliphatic rings. The van der Waals surface area contributed by atoms with Gasteiger partial charge in [0.2, 0.25) is 5.88 Å². The van der Waals surface area contributed by atoms with Crippen LogP contribution in [-0.2, 0) is 49.1 Å². The molecule has 0 bridgehead atoms. The standard InChI is InChI=1S/C47H54N3O2.Pt/c1-44(2,3)31-20-30(21-36(26-31)52-40-18-17-29-19-32(45(4,5)6)27-39(51)41(29)48-40)43-49-42-37-16-14-13-15-28(37)22-38(42)50(43)35-24-33(46(7,8)9)23-34(25-35)47(10,11)12;/h13-20,23-27,38,42,51H,22H2,1-12H3;/q-1;/t38-,42-;/m0./s1. The fourth-order valence-electron chi connectivity index (χ4n) is 7.37. The van der Waals surface area contributed by atoms with Gasteiger partial charge < -0.3 is 19.7 Å². The van der Waals surface area contributed by atoms with Crippen molar-refractivity contribution in [1.29, 1.82) is 0 Å². The third kappa shape index (κ3) is 7.57. The predicted octanol–water partition coefficient (Wildman–Crippen LogP) is 11.7. The predicted molar refractivity (Wildman–Crippen MR) is 216 cm³/mol. The van der Waals surface area contributed by atoms with Gasteiger partial charge in [0.05, 0.1) is 17.9 Å². The van der Waals surface area contributed by atoms with Crippen molar-refractivity contribution in [3.8, 4) is 17.4 Å². The van der Waals surface area contributed by atoms with Gasteiger partial charge in [-0.25, -0.2) is 4.98 Å². The number of fused-ring (bicyclic) bond motifs is 4. The van der Waals surface area contributed by atoms with Gasteiger partial charge in [0.1, 0.15) is 11.3 Å². The van der Waals surface area contributed by atoms with Crippen LogP contribution >= 0.6 is 0 Å². The monoisotopic (exact) mass is 887 g/mol. The molecule has 0 saturated heterocycles. The van der Waals surface area contributed by atoms with E-state index in [0.717, 1.165) is 40.0 Å². The zero-order valence-corrected chi connectivity index (χ0v) is 35.7. The molecule has 2 atom stereocenters. The second-order valence-electron chi connectivity index (χ2n) is 19.0. The molecule has 5 nitrogen and oxygen atoms in total. The number of hydrogen-bond donors (Lipinski definition) is 1. The van der Waals surface area contributed by atoms with Crippen LogP contribution in [0.2, 0.25) is 0 Å². The summed E-state index contributed by atoms with van der Waals surface area (Å²) < 4.78 is 6.54. The number of aromatic nitrogens is 1. The number of ether oxygens (including phenoxy) is 1. The third-order valence-electron chi connectivity index (χ3n) is 10.7. The minimum atomic E-state index is -0.168. The number of pyridine rings is 1. The topological polar surface area (TPSA) is 58.0 Å². The van der Waals surface area contributed by atoms with Gasteiger partial charge in [-0.15, -0.1) is 17.2 Å². The molecular weight excluding hydrogens is 834 g/mol. The quantitative estimate of drug-likeness (QED) is 0.183. The second kappa shape index (κ2) is 13.4. The summed E-state index contributed by atoms with van der Waals surface area (Å²) >= 11 is 0. The van der Waals surface area contributed by atoms with Crippen molar-refractivity contribution in [3.05, 3.63) is 124 Å². The molecule has 2 heterocycles. The van der Waals surface area contributed by atoms with Crippen LogP contribution in [-0.4, -0.2) is 22.0 Å². The molecule has 53 heavy (non-hydrogen) atoms. The molecule has 0 amide bonds. The van der Waals surface area contributed by atoms with Crippen LogP contribution in [0, 0.1) is 6.07 Å². The van der Waals surface area contributed by atoms with Crippen molar-refractivity contribution in [2.75, 3.05) is 4.90 Å². The Morgan fingerprint density at radius 3 is 1.91 bits per heavy atom. The van der Waals surface area contributed by atoms with Crippen LogP contribution in [0.1, 0.15) is 128 Å². The second-order valence-corrected chi connectivity index (χ2v) is 19.0. The molecule has 1 N–H and O–H groups in total. The number of hydrogen-bond acceptors (Lipinski definition) is 5. The average molecular weight is 888 g/mol. The van der Waals surface area contributed by atoms with E-state index in [9.17, 15) is 5.11 Å². The van der Waals surface area contributed by atoms with E-state index in [-0.39, 0.29) is 60.6 Å². The number of aliphatic imine (C=N–C) groups is 1. The Labute approximate surface area is 331 Å². The Hall–Kier alpha value is -3.95. The average Bonchev–Trinajstić information content (AvgIpc) is 3.59. The third-order valence-corrected chi connectivity index (χ3v) is 10.7. The molecule has 0 spiro atoms. The Balaban J connectivity index is 0.00000481. The van der Waals surface area contributed by atoms with Gasteiger partial charge in [-0.2, -0.15) is 0 Å². The van der Waals surface area contributed by atoms with E-state index in [0.29, 0.717) is 17.1 Å². The number of nitrogens with zero attached hydrogens (tertiary/aromatic N) is 3. The van der Waals surface area contributed by atoms with Gasteiger partial charge in [-0.05, 0) is 86.2 Å². The molecule has 1 aliphatic heterocycles. The minimum Gasteiger partial charge on any atom is -0.506 e. The van der Waals surface area contributed by atoms with Crippen LogP contribution in [0.4, 0.5) is 5.69 Å². The fourth-order valence-corrected chi connectivity index (χ4v) is 7.37. The molecule has 0 saturated carbocycles. The SMILES string of the molecule is CC(C)(C)c1cc(Oc2ccc3cc(C(C)(C)C)cc(O)c3n2)[c-]c(C2=N[C@H]3c4ccccc4C[C@@H]3N2c2cc(C(C)(C)C)cc(C(C)(C)C)c2)c1.[Pt]. The summed E-state index contributed by atoms with van der Waals surface area (Å²) in [6.45, 7) is 26.8. The maximum absolute atomic E-state index is 11.0. The van der Waals surface area contributed by atoms with Crippen molar-refractivity contribution in [2.24, 2.45) is 4.99 Å². The molecule has 280 valence electrons. The van der Waals surface area contributed by atoms with Crippen LogP contribution in [0.3, 0.4) is 0 Å². The zero-order chi connectivity index (χ0) is 37.5. The van der Waals surface area contributed by atoms with E-state index in [4.69, 9.17) is 14.7 Å². The number of amidine groups is 1. The normalized spacial score (nSPS) is 17.4. The van der Waals surface area contributed by atoms with E-state index in [1.54, 1.807) is 0 Å². The Morgan fingerprint density at radius 2 is 1.28 bits per heavy atom. The number of aromatic hydroxyl groups is 1. The van der Waals surface area contributed by atoms with Gasteiger partial charge in [-0.1, -0.05) is 126 Å². The number of phenolic OH excluding ortho intramolecular Hbond substituents is 1. The molecular formula is C47H54N3O2Pt-. The van der Waals surface area contributed by atoms with Crippen LogP contribution in [0.5, 0.6) is 17.4 Å². The summed E-state index contributed by atoms with van der Waals surface area (Å²) in [5.41, 5.74) is 9.71. The number of anilines is 1. The molecule has 5 aromatic rings. The first kappa shape index (κ1) is 38.8. The molecule has 1 aromatic heterocycles. The van der Waals surface area contributed by atoms with Gasteiger partial charge in [0.15, 0.2) is 0 Å². The summed E-state index contributed by atoms with van der Waals surface area (Å²) in [5, 5.41) is 11.9. The largest absolute Gasteiger partial charge is 0.506 e. The van der Waals surface area contributed by atoms with Crippen molar-refractivity contribution in [2.45, 2.75) is 123 Å². The molecule has 7 rings (SSSR count). The summed E-state index contributed by atoms with van der Waals surface area (Å²) in [7, 11) is 0. The van der Waals surface area contributed by atoms with Crippen LogP contribution in [0.25, 0.3) is 10.9 Å². The maximum atomic E-state index is 11.0. The first-order chi connectivity index (χ1) is 24.2. The van der Waals surface area contributed by atoms with Crippen molar-refractivity contribution < 1.29 is 30.9 Å². The molecule has 0 fully saturated rings. The van der Waals surface area contributed by atoms with Gasteiger partial charge in [-0.3, -0.25) is 0 Å². The number of rotatable bonds is 4. The molecule has 0 unspecified atom stereocenters. The number of phenols is 1. The Bertz CT molecular complexity index is 2190. The summed E-state index contributed by atoms with van der Waals surface area (Å²) in [4.78, 5) is 12.8. The van der Waals surface area contributed by atoms with Crippen molar-refractivity contribution >= 4 is 22.4 Å². The summed E-state index contributed by atoms with van der Waals surface area (Å²) in [5.74, 6) is 2.03. The first-order valence-corrected chi connectivity index (χ1v) is 18.7. The molecule has 6 heteroatoms. The van der Waals surface area contributed by atoms with Crippen LogP contribution < -0.4 is 9.64 Å². The van der Waals surface area contributed by atoms with E-state index < -0.39 is 0 Å². The molecule has 0 radical (unpaired) electrons. The van der Waals surface area contributed by atoms with E-state index in [2.05, 4.69) is 155 Å². The van der Waals surface area contributed by atoms with E-state index >= 15 is 0 Å². The van der Waals surface area contributed by atoms with Gasteiger partial charge in [0, 0.05) is 44.0 Å². The van der Waals surface area contributed by atoms with E-state index in [1.807, 2.05) is 18.2 Å². The first-order valence-electron chi connectivity index (χ1n) is 18.7. The molecule has 4 aromatic carbocycles. The van der Waals surface area contributed by atoms with Crippen molar-refractivity contribution in [1.82, 2.24) is 4.98 Å². The van der Waals surface area contributed by atoms with Crippen LogP contribution in [0.15, 0.2) is 83.9 Å². The zero-order valence-electron chi connectivity index (χ0n) is 33.4. The molecule has 1 aliphatic carbocycles. The smallest absolute Gasteiger partial charge is 0.217 e. The van der Waals surface area contributed by atoms with E-state index in [1.165, 1.54) is 22.3 Å². The maximum Gasteiger partial charge on any atom is 0.217 e. The Kier molecular flexibility index (Phi) is 9.81.